The van der Waals surface area contributed by atoms with Crippen molar-refractivity contribution in [1.82, 2.24) is 14.9 Å². The molecule has 0 aromatic carbocycles. The smallest absolute Gasteiger partial charge is 0.227 e. The molecule has 2 aliphatic rings. The van der Waals surface area contributed by atoms with Crippen LogP contribution in [0.15, 0.2) is 12.3 Å². The monoisotopic (exact) mass is 291 g/mol. The lowest BCUT2D eigenvalue weighted by Gasteiger charge is -2.32. The van der Waals surface area contributed by atoms with Crippen LogP contribution in [0, 0.1) is 0 Å². The molecule has 1 unspecified atom stereocenters. The summed E-state index contributed by atoms with van der Waals surface area (Å²) in [6.45, 7) is 4.64. The van der Waals surface area contributed by atoms with Crippen LogP contribution in [0.5, 0.6) is 0 Å². The summed E-state index contributed by atoms with van der Waals surface area (Å²) < 4.78 is 5.59. The van der Waals surface area contributed by atoms with E-state index in [9.17, 15) is 4.79 Å². The molecular formula is C14H21N5O2. The molecule has 1 N–H and O–H groups in total. The predicted octanol–water partition coefficient (Wildman–Crippen LogP) is 0.346. The molecule has 0 bridgehead atoms. The maximum absolute atomic E-state index is 10.7. The van der Waals surface area contributed by atoms with Crippen molar-refractivity contribution in [1.29, 1.82) is 0 Å². The van der Waals surface area contributed by atoms with Crippen LogP contribution in [0.4, 0.5) is 11.8 Å². The summed E-state index contributed by atoms with van der Waals surface area (Å²) in [5, 5.41) is 3.32. The van der Waals surface area contributed by atoms with E-state index in [1.54, 1.807) is 11.1 Å². The Morgan fingerprint density at radius 2 is 2.24 bits per heavy atom. The first-order valence-electron chi connectivity index (χ1n) is 7.48. The Labute approximate surface area is 124 Å². The van der Waals surface area contributed by atoms with Gasteiger partial charge in [-0.05, 0) is 18.9 Å². The largest absolute Gasteiger partial charge is 0.376 e. The second-order valence-electron chi connectivity index (χ2n) is 5.39. The first-order valence-corrected chi connectivity index (χ1v) is 7.48. The van der Waals surface area contributed by atoms with Gasteiger partial charge in [-0.25, -0.2) is 4.98 Å². The Morgan fingerprint density at radius 3 is 2.95 bits per heavy atom. The number of ether oxygens (including phenoxy) is 1. The lowest BCUT2D eigenvalue weighted by molar-refractivity contribution is -0.118. The molecule has 1 atom stereocenters. The Bertz CT molecular complexity index is 470. The fourth-order valence-electron chi connectivity index (χ4n) is 2.65. The van der Waals surface area contributed by atoms with Crippen molar-refractivity contribution in [3.8, 4) is 0 Å². The number of hydrogen-bond acceptors (Lipinski definition) is 6. The zero-order valence-corrected chi connectivity index (χ0v) is 12.1. The molecule has 0 radical (unpaired) electrons. The highest BCUT2D eigenvalue weighted by Gasteiger charge is 2.18. The summed E-state index contributed by atoms with van der Waals surface area (Å²) in [5.41, 5.74) is 0. The SMILES string of the molecule is O=CN1CCN(c2nccc(NCC3CCCO3)n2)CC1. The van der Waals surface area contributed by atoms with Gasteiger partial charge in [0.15, 0.2) is 0 Å². The van der Waals surface area contributed by atoms with Crippen molar-refractivity contribution >= 4 is 18.2 Å². The van der Waals surface area contributed by atoms with Gasteiger partial charge >= 0.3 is 0 Å². The van der Waals surface area contributed by atoms with E-state index < -0.39 is 0 Å². The van der Waals surface area contributed by atoms with E-state index in [1.807, 2.05) is 6.07 Å². The summed E-state index contributed by atoms with van der Waals surface area (Å²) in [4.78, 5) is 23.5. The average molecular weight is 291 g/mol. The van der Waals surface area contributed by atoms with Crippen LogP contribution >= 0.6 is 0 Å². The summed E-state index contributed by atoms with van der Waals surface area (Å²) in [5.74, 6) is 1.55. The normalized spacial score (nSPS) is 22.4. The molecule has 0 saturated carbocycles. The molecule has 0 aliphatic carbocycles. The van der Waals surface area contributed by atoms with Gasteiger partial charge in [0.1, 0.15) is 5.82 Å². The van der Waals surface area contributed by atoms with E-state index in [0.29, 0.717) is 6.10 Å². The highest BCUT2D eigenvalue weighted by molar-refractivity contribution is 5.49. The maximum Gasteiger partial charge on any atom is 0.227 e. The zero-order valence-electron chi connectivity index (χ0n) is 12.1. The third-order valence-corrected chi connectivity index (χ3v) is 3.92. The lowest BCUT2D eigenvalue weighted by Crippen LogP contribution is -2.46. The molecule has 2 saturated heterocycles. The van der Waals surface area contributed by atoms with Gasteiger partial charge < -0.3 is 19.9 Å². The third kappa shape index (κ3) is 3.60. The molecular weight excluding hydrogens is 270 g/mol. The Kier molecular flexibility index (Phi) is 4.49. The second-order valence-corrected chi connectivity index (χ2v) is 5.39. The average Bonchev–Trinajstić information content (AvgIpc) is 3.07. The van der Waals surface area contributed by atoms with Gasteiger partial charge in [0.2, 0.25) is 12.4 Å². The molecule has 7 heteroatoms. The van der Waals surface area contributed by atoms with E-state index in [0.717, 1.165) is 70.3 Å². The summed E-state index contributed by atoms with van der Waals surface area (Å²) in [6.07, 6.45) is 5.21. The maximum atomic E-state index is 10.7. The molecule has 2 aliphatic heterocycles. The number of rotatable bonds is 5. The van der Waals surface area contributed by atoms with Crippen molar-refractivity contribution in [2.75, 3.05) is 49.5 Å². The van der Waals surface area contributed by atoms with Crippen LogP contribution in [-0.4, -0.2) is 66.7 Å². The second kappa shape index (κ2) is 6.71. The minimum Gasteiger partial charge on any atom is -0.376 e. The van der Waals surface area contributed by atoms with Gasteiger partial charge in [0.25, 0.3) is 0 Å². The standard InChI is InChI=1S/C14H21N5O2/c20-11-18-5-7-19(8-6-18)14-15-4-3-13(17-14)16-10-12-2-1-9-21-12/h3-4,11-12H,1-2,5-10H2,(H,15,16,17). The molecule has 0 spiro atoms. The number of amides is 1. The van der Waals surface area contributed by atoms with Gasteiger partial charge in [0, 0.05) is 45.5 Å². The van der Waals surface area contributed by atoms with Gasteiger partial charge in [-0.1, -0.05) is 0 Å². The molecule has 1 aromatic rings. The van der Waals surface area contributed by atoms with E-state index in [4.69, 9.17) is 4.74 Å². The topological polar surface area (TPSA) is 70.6 Å². The van der Waals surface area contributed by atoms with E-state index in [-0.39, 0.29) is 0 Å². The highest BCUT2D eigenvalue weighted by atomic mass is 16.5. The van der Waals surface area contributed by atoms with Crippen molar-refractivity contribution in [2.45, 2.75) is 18.9 Å². The van der Waals surface area contributed by atoms with Crippen molar-refractivity contribution < 1.29 is 9.53 Å². The first-order chi connectivity index (χ1) is 10.3. The third-order valence-electron chi connectivity index (χ3n) is 3.92. The molecule has 1 aromatic heterocycles. The molecule has 2 fully saturated rings. The number of nitrogens with one attached hydrogen (secondary N) is 1. The zero-order chi connectivity index (χ0) is 14.5. The van der Waals surface area contributed by atoms with Crippen molar-refractivity contribution in [3.63, 3.8) is 0 Å². The van der Waals surface area contributed by atoms with Crippen LogP contribution in [0.3, 0.4) is 0 Å². The van der Waals surface area contributed by atoms with Crippen molar-refractivity contribution in [3.05, 3.63) is 12.3 Å². The number of carbonyl (C=O) groups is 1. The number of hydrogen-bond donors (Lipinski definition) is 1. The van der Waals surface area contributed by atoms with Gasteiger partial charge in [-0.3, -0.25) is 4.79 Å². The van der Waals surface area contributed by atoms with Gasteiger partial charge in [0.05, 0.1) is 6.10 Å². The minimum atomic E-state index is 0.291. The van der Waals surface area contributed by atoms with Crippen LogP contribution in [0.1, 0.15) is 12.8 Å². The van der Waals surface area contributed by atoms with Crippen LogP contribution in [-0.2, 0) is 9.53 Å². The number of nitrogens with zero attached hydrogens (tertiary/aromatic N) is 4. The lowest BCUT2D eigenvalue weighted by atomic mass is 10.2. The Hall–Kier alpha value is -1.89. The molecule has 21 heavy (non-hydrogen) atoms. The van der Waals surface area contributed by atoms with E-state index in [1.165, 1.54) is 0 Å². The molecule has 7 nitrogen and oxygen atoms in total. The molecule has 114 valence electrons. The fourth-order valence-corrected chi connectivity index (χ4v) is 2.65. The van der Waals surface area contributed by atoms with Gasteiger partial charge in [-0.15, -0.1) is 0 Å². The highest BCUT2D eigenvalue weighted by Crippen LogP contribution is 2.15. The van der Waals surface area contributed by atoms with E-state index >= 15 is 0 Å². The fraction of sp³-hybridized carbons (Fsp3) is 0.643. The number of piperazine rings is 1. The van der Waals surface area contributed by atoms with Crippen LogP contribution < -0.4 is 10.2 Å². The summed E-state index contributed by atoms with van der Waals surface area (Å²) >= 11 is 0. The molecule has 3 rings (SSSR count). The number of carbonyl (C=O) groups excluding carboxylic acids is 1. The molecule has 3 heterocycles. The summed E-state index contributed by atoms with van der Waals surface area (Å²) in [7, 11) is 0. The van der Waals surface area contributed by atoms with Gasteiger partial charge in [-0.2, -0.15) is 4.98 Å². The first kappa shape index (κ1) is 14.1. The summed E-state index contributed by atoms with van der Waals surface area (Å²) in [6, 6.07) is 1.88. The van der Waals surface area contributed by atoms with E-state index in [2.05, 4.69) is 20.2 Å². The Morgan fingerprint density at radius 1 is 1.38 bits per heavy atom. The van der Waals surface area contributed by atoms with Crippen LogP contribution in [0.2, 0.25) is 0 Å². The quantitative estimate of drug-likeness (QED) is 0.789. The van der Waals surface area contributed by atoms with Crippen LogP contribution in [0.25, 0.3) is 0 Å². The van der Waals surface area contributed by atoms with Crippen molar-refractivity contribution in [2.24, 2.45) is 0 Å². The number of aromatic nitrogens is 2. The predicted molar refractivity (Wildman–Crippen MR) is 79.3 cm³/mol. The Balaban J connectivity index is 1.56. The number of anilines is 2. The minimum absolute atomic E-state index is 0.291. The molecule has 1 amide bonds.